The molecule has 5 rings (SSSR count). The number of carbonyl (C=O) groups excluding carboxylic acids is 1. The molecule has 9 heteroatoms. The maximum Gasteiger partial charge on any atom is 0.344 e. The van der Waals surface area contributed by atoms with Crippen LogP contribution < -0.4 is 15.1 Å². The van der Waals surface area contributed by atoms with Gasteiger partial charge in [-0.2, -0.15) is 9.97 Å². The number of hydrogen-bond donors (Lipinski definition) is 1. The number of carbonyl (C=O) groups is 1. The average molecular weight is 482 g/mol. The van der Waals surface area contributed by atoms with Crippen molar-refractivity contribution in [2.75, 3.05) is 22.9 Å². The normalized spacial score (nSPS) is 17.7. The van der Waals surface area contributed by atoms with Gasteiger partial charge in [0.15, 0.2) is 5.82 Å². The highest BCUT2D eigenvalue weighted by Crippen LogP contribution is 2.36. The Hall–Kier alpha value is -2.65. The van der Waals surface area contributed by atoms with Gasteiger partial charge in [-0.05, 0) is 38.1 Å². The molecule has 0 spiro atoms. The zero-order valence-corrected chi connectivity index (χ0v) is 19.6. The Kier molecular flexibility index (Phi) is 6.50. The molecule has 1 fully saturated rings. The molecule has 2 aliphatic heterocycles. The highest BCUT2D eigenvalue weighted by atomic mass is 35.5. The lowest BCUT2D eigenvalue weighted by atomic mass is 10.0. The molecule has 0 bridgehead atoms. The fourth-order valence-electron chi connectivity index (χ4n) is 4.31. The number of anilines is 2. The largest absolute Gasteiger partial charge is 0.609 e. The lowest BCUT2D eigenvalue weighted by Gasteiger charge is -2.41. The molecule has 33 heavy (non-hydrogen) atoms. The molecule has 1 atom stereocenters. The van der Waals surface area contributed by atoms with E-state index in [-0.39, 0.29) is 17.2 Å². The SMILES string of the molecule is O=C1N(c2ccccc2Cl)Cc2cnc([S+]([O-])Cc3ccccc3)nc2N1C1CCNCC1. The highest BCUT2D eigenvalue weighted by Gasteiger charge is 2.39. The van der Waals surface area contributed by atoms with E-state index in [0.29, 0.717) is 28.8 Å². The maximum atomic E-state index is 13.7. The molecule has 2 aliphatic rings. The minimum absolute atomic E-state index is 0.00639. The van der Waals surface area contributed by atoms with E-state index < -0.39 is 11.2 Å². The predicted molar refractivity (Wildman–Crippen MR) is 130 cm³/mol. The Morgan fingerprint density at radius 1 is 1.09 bits per heavy atom. The second-order valence-electron chi connectivity index (χ2n) is 8.15. The molecule has 2 amide bonds. The summed E-state index contributed by atoms with van der Waals surface area (Å²) in [6, 6.07) is 16.8. The van der Waals surface area contributed by atoms with E-state index in [1.807, 2.05) is 48.5 Å². The van der Waals surface area contributed by atoms with Gasteiger partial charge in [-0.25, -0.2) is 4.79 Å². The third kappa shape index (κ3) is 4.56. The third-order valence-corrected chi connectivity index (χ3v) is 7.49. The van der Waals surface area contributed by atoms with Gasteiger partial charge in [0, 0.05) is 34.5 Å². The van der Waals surface area contributed by atoms with Crippen molar-refractivity contribution in [1.29, 1.82) is 0 Å². The Morgan fingerprint density at radius 3 is 2.58 bits per heavy atom. The minimum atomic E-state index is -1.42. The number of para-hydroxylation sites is 1. The van der Waals surface area contributed by atoms with Crippen molar-refractivity contribution in [3.8, 4) is 0 Å². The van der Waals surface area contributed by atoms with Crippen LogP contribution in [-0.4, -0.2) is 39.7 Å². The number of aromatic nitrogens is 2. The highest BCUT2D eigenvalue weighted by molar-refractivity contribution is 7.90. The second-order valence-corrected chi connectivity index (χ2v) is 9.90. The first-order valence-corrected chi connectivity index (χ1v) is 12.7. The summed E-state index contributed by atoms with van der Waals surface area (Å²) in [4.78, 5) is 26.3. The second kappa shape index (κ2) is 9.69. The molecule has 2 aromatic carbocycles. The van der Waals surface area contributed by atoms with E-state index >= 15 is 0 Å². The van der Waals surface area contributed by atoms with Gasteiger partial charge in [0.1, 0.15) is 5.75 Å². The molecule has 3 heterocycles. The van der Waals surface area contributed by atoms with Crippen LogP contribution >= 0.6 is 11.6 Å². The summed E-state index contributed by atoms with van der Waals surface area (Å²) < 4.78 is 13.0. The van der Waals surface area contributed by atoms with Crippen molar-refractivity contribution in [2.24, 2.45) is 0 Å². The number of rotatable bonds is 5. The summed E-state index contributed by atoms with van der Waals surface area (Å²) in [5.74, 6) is 0.883. The summed E-state index contributed by atoms with van der Waals surface area (Å²) in [6.45, 7) is 1.96. The molecule has 1 N–H and O–H groups in total. The van der Waals surface area contributed by atoms with Crippen LogP contribution in [-0.2, 0) is 23.5 Å². The van der Waals surface area contributed by atoms with Crippen LogP contribution in [0.1, 0.15) is 24.0 Å². The quantitative estimate of drug-likeness (QED) is 0.437. The zero-order chi connectivity index (χ0) is 22.8. The molecular formula is C24H24ClN5O2S. The number of halogens is 1. The number of benzene rings is 2. The lowest BCUT2D eigenvalue weighted by molar-refractivity contribution is 0.245. The number of urea groups is 1. The number of nitrogens with one attached hydrogen (secondary N) is 1. The molecule has 1 unspecified atom stereocenters. The van der Waals surface area contributed by atoms with Gasteiger partial charge in [-0.3, -0.25) is 9.80 Å². The van der Waals surface area contributed by atoms with E-state index in [2.05, 4.69) is 15.3 Å². The topological polar surface area (TPSA) is 84.4 Å². The lowest BCUT2D eigenvalue weighted by Crippen LogP contribution is -2.55. The fourth-order valence-corrected chi connectivity index (χ4v) is 5.53. The van der Waals surface area contributed by atoms with Crippen molar-refractivity contribution in [3.63, 3.8) is 0 Å². The third-order valence-electron chi connectivity index (χ3n) is 5.97. The van der Waals surface area contributed by atoms with Gasteiger partial charge < -0.3 is 9.87 Å². The van der Waals surface area contributed by atoms with Crippen LogP contribution in [0.2, 0.25) is 5.02 Å². The van der Waals surface area contributed by atoms with Gasteiger partial charge in [0.2, 0.25) is 0 Å². The molecule has 0 radical (unpaired) electrons. The zero-order valence-electron chi connectivity index (χ0n) is 18.0. The summed E-state index contributed by atoms with van der Waals surface area (Å²) in [5.41, 5.74) is 2.42. The minimum Gasteiger partial charge on any atom is -0.609 e. The number of amides is 2. The first-order valence-electron chi connectivity index (χ1n) is 11.0. The van der Waals surface area contributed by atoms with E-state index in [9.17, 15) is 9.35 Å². The van der Waals surface area contributed by atoms with E-state index in [0.717, 1.165) is 37.1 Å². The summed E-state index contributed by atoms with van der Waals surface area (Å²) >= 11 is 5.01. The van der Waals surface area contributed by atoms with Crippen molar-refractivity contribution in [2.45, 2.75) is 36.3 Å². The molecule has 1 saturated heterocycles. The number of piperidine rings is 1. The van der Waals surface area contributed by atoms with Gasteiger partial charge in [-0.15, -0.1) is 0 Å². The smallest absolute Gasteiger partial charge is 0.344 e. The van der Waals surface area contributed by atoms with Crippen LogP contribution in [0.15, 0.2) is 66.0 Å². The molecule has 7 nitrogen and oxygen atoms in total. The van der Waals surface area contributed by atoms with Gasteiger partial charge in [-0.1, -0.05) is 54.1 Å². The van der Waals surface area contributed by atoms with E-state index in [1.54, 1.807) is 22.1 Å². The number of hydrogen-bond acceptors (Lipinski definition) is 5. The average Bonchev–Trinajstić information content (AvgIpc) is 2.85. The summed E-state index contributed by atoms with van der Waals surface area (Å²) in [5, 5.41) is 4.11. The number of fused-ring (bicyclic) bond motifs is 1. The van der Waals surface area contributed by atoms with Gasteiger partial charge >= 0.3 is 11.2 Å². The Bertz CT molecular complexity index is 1140. The van der Waals surface area contributed by atoms with E-state index in [1.165, 1.54) is 0 Å². The van der Waals surface area contributed by atoms with Crippen LogP contribution in [0.3, 0.4) is 0 Å². The first kappa shape index (κ1) is 22.2. The molecule has 0 saturated carbocycles. The van der Waals surface area contributed by atoms with Crippen molar-refractivity contribution >= 4 is 40.3 Å². The standard InChI is InChI=1S/C24H24ClN5O2S/c25-20-8-4-5-9-21(20)29-15-18-14-27-23(33(32)16-17-6-2-1-3-7-17)28-22(18)30(24(29)31)19-10-12-26-13-11-19/h1-9,14,19,26H,10-13,15-16H2. The summed E-state index contributed by atoms with van der Waals surface area (Å²) in [7, 11) is 0. The predicted octanol–water partition coefficient (Wildman–Crippen LogP) is 4.14. The van der Waals surface area contributed by atoms with Crippen LogP contribution in [0.5, 0.6) is 0 Å². The molecular weight excluding hydrogens is 458 g/mol. The monoisotopic (exact) mass is 481 g/mol. The molecule has 1 aromatic heterocycles. The maximum absolute atomic E-state index is 13.7. The molecule has 170 valence electrons. The van der Waals surface area contributed by atoms with Crippen LogP contribution in [0.25, 0.3) is 0 Å². The van der Waals surface area contributed by atoms with Crippen molar-refractivity contribution < 1.29 is 9.35 Å². The Morgan fingerprint density at radius 2 is 1.82 bits per heavy atom. The van der Waals surface area contributed by atoms with Crippen LogP contribution in [0.4, 0.5) is 16.3 Å². The van der Waals surface area contributed by atoms with Crippen molar-refractivity contribution in [3.05, 3.63) is 76.9 Å². The fraction of sp³-hybridized carbons (Fsp3) is 0.292. The molecule has 0 aliphatic carbocycles. The van der Waals surface area contributed by atoms with Crippen molar-refractivity contribution in [1.82, 2.24) is 15.3 Å². The Balaban J connectivity index is 1.51. The number of nitrogens with zero attached hydrogens (tertiary/aromatic N) is 4. The van der Waals surface area contributed by atoms with Gasteiger partial charge in [0.05, 0.1) is 17.3 Å². The summed E-state index contributed by atoms with van der Waals surface area (Å²) in [6.07, 6.45) is 3.33. The molecule has 3 aromatic rings. The Labute approximate surface area is 201 Å². The van der Waals surface area contributed by atoms with E-state index in [4.69, 9.17) is 11.6 Å². The van der Waals surface area contributed by atoms with Crippen LogP contribution in [0, 0.1) is 0 Å². The van der Waals surface area contributed by atoms with Gasteiger partial charge in [0.25, 0.3) is 0 Å². The first-order chi connectivity index (χ1) is 16.1.